The quantitative estimate of drug-likeness (QED) is 0.473. The van der Waals surface area contributed by atoms with Crippen LogP contribution in [0.25, 0.3) is 0 Å². The summed E-state index contributed by atoms with van der Waals surface area (Å²) in [6.45, 7) is 0.405. The molecule has 0 radical (unpaired) electrons. The van der Waals surface area contributed by atoms with Gasteiger partial charge in [-0.05, 0) is 18.1 Å². The monoisotopic (exact) mass is 274 g/mol. The smallest absolute Gasteiger partial charge is 0.294 e. The summed E-state index contributed by atoms with van der Waals surface area (Å²) in [4.78, 5) is 23.3. The molecule has 0 aliphatic carbocycles. The van der Waals surface area contributed by atoms with Gasteiger partial charge in [0, 0.05) is 17.6 Å². The van der Waals surface area contributed by atoms with Crippen LogP contribution >= 0.6 is 23.2 Å². The first kappa shape index (κ1) is 12.1. The number of nitrogens with zero attached hydrogens (tertiary/aromatic N) is 2. The Morgan fingerprint density at radius 3 is 2.82 bits per heavy atom. The van der Waals surface area contributed by atoms with Crippen molar-refractivity contribution in [1.29, 1.82) is 0 Å². The van der Waals surface area contributed by atoms with E-state index in [1.165, 1.54) is 11.0 Å². The molecule has 0 N–H and O–H groups in total. The van der Waals surface area contributed by atoms with Crippen LogP contribution in [-0.4, -0.2) is 23.3 Å². The van der Waals surface area contributed by atoms with Crippen molar-refractivity contribution < 1.29 is 9.72 Å². The first-order valence-electron chi connectivity index (χ1n) is 4.87. The van der Waals surface area contributed by atoms with E-state index in [1.54, 1.807) is 6.07 Å². The van der Waals surface area contributed by atoms with Crippen LogP contribution in [-0.2, 0) is 11.2 Å². The number of carbonyl (C=O) groups excluding carboxylic acids is 1. The molecule has 1 aliphatic heterocycles. The second-order valence-electron chi connectivity index (χ2n) is 3.62. The fourth-order valence-electron chi connectivity index (χ4n) is 1.95. The van der Waals surface area contributed by atoms with Gasteiger partial charge in [-0.2, -0.15) is 0 Å². The van der Waals surface area contributed by atoms with Crippen molar-refractivity contribution in [2.24, 2.45) is 0 Å². The zero-order valence-electron chi connectivity index (χ0n) is 8.65. The molecule has 17 heavy (non-hydrogen) atoms. The maximum absolute atomic E-state index is 11.6. The third-order valence-electron chi connectivity index (χ3n) is 2.62. The number of nitro benzene ring substituents is 1. The number of rotatable bonds is 2. The minimum Gasteiger partial charge on any atom is -0.305 e. The van der Waals surface area contributed by atoms with Crippen LogP contribution < -0.4 is 4.90 Å². The highest BCUT2D eigenvalue weighted by Gasteiger charge is 2.32. The van der Waals surface area contributed by atoms with Crippen LogP contribution in [0.15, 0.2) is 12.1 Å². The lowest BCUT2D eigenvalue weighted by Gasteiger charge is -2.15. The highest BCUT2D eigenvalue weighted by atomic mass is 35.5. The summed E-state index contributed by atoms with van der Waals surface area (Å²) >= 11 is 11.3. The number of fused-ring (bicyclic) bond motifs is 1. The molecule has 1 aromatic carbocycles. The van der Waals surface area contributed by atoms with Gasteiger partial charge >= 0.3 is 0 Å². The van der Waals surface area contributed by atoms with Gasteiger partial charge < -0.3 is 4.90 Å². The summed E-state index contributed by atoms with van der Waals surface area (Å²) in [6.07, 6.45) is 0.555. The third kappa shape index (κ3) is 2.08. The number of nitro groups is 1. The average Bonchev–Trinajstić information content (AvgIpc) is 2.70. The molecule has 1 aromatic rings. The van der Waals surface area contributed by atoms with Gasteiger partial charge in [-0.1, -0.05) is 11.6 Å². The lowest BCUT2D eigenvalue weighted by molar-refractivity contribution is -0.384. The second-order valence-corrected chi connectivity index (χ2v) is 4.32. The summed E-state index contributed by atoms with van der Waals surface area (Å²) in [5.74, 6) is -0.532. The van der Waals surface area contributed by atoms with E-state index in [4.69, 9.17) is 23.2 Å². The van der Waals surface area contributed by atoms with E-state index in [-0.39, 0.29) is 17.5 Å². The van der Waals surface area contributed by atoms with Gasteiger partial charge in [0.2, 0.25) is 5.91 Å². The van der Waals surface area contributed by atoms with Crippen LogP contribution in [0.4, 0.5) is 11.4 Å². The first-order valence-corrected chi connectivity index (χ1v) is 5.79. The molecule has 1 heterocycles. The highest BCUT2D eigenvalue weighted by Crippen LogP contribution is 2.39. The molecule has 7 heteroatoms. The fourth-order valence-corrected chi connectivity index (χ4v) is 2.33. The Kier molecular flexibility index (Phi) is 3.22. The van der Waals surface area contributed by atoms with Crippen molar-refractivity contribution >= 4 is 40.5 Å². The number of hydrogen-bond donors (Lipinski definition) is 0. The molecule has 0 saturated carbocycles. The molecule has 5 nitrogen and oxygen atoms in total. The summed E-state index contributed by atoms with van der Waals surface area (Å²) in [5, 5.41) is 11.2. The molecule has 1 aliphatic rings. The van der Waals surface area contributed by atoms with Gasteiger partial charge in [0.25, 0.3) is 5.69 Å². The lowest BCUT2D eigenvalue weighted by Crippen LogP contribution is -2.30. The van der Waals surface area contributed by atoms with Crippen LogP contribution in [0.3, 0.4) is 0 Å². The van der Waals surface area contributed by atoms with E-state index in [2.05, 4.69) is 0 Å². The Morgan fingerprint density at radius 1 is 1.53 bits per heavy atom. The maximum atomic E-state index is 11.6. The normalized spacial score (nSPS) is 13.6. The number of anilines is 1. The Bertz CT molecular complexity index is 505. The van der Waals surface area contributed by atoms with Gasteiger partial charge in [0.05, 0.1) is 4.92 Å². The summed E-state index contributed by atoms with van der Waals surface area (Å²) in [5.41, 5.74) is 0.885. The molecule has 0 unspecified atom stereocenters. The average molecular weight is 275 g/mol. The summed E-state index contributed by atoms with van der Waals surface area (Å²) in [7, 11) is 0. The van der Waals surface area contributed by atoms with Gasteiger partial charge in [0.1, 0.15) is 11.6 Å². The van der Waals surface area contributed by atoms with Crippen LogP contribution in [0, 0.1) is 10.1 Å². The minimum atomic E-state index is -0.537. The molecule has 0 saturated heterocycles. The molecule has 1 amide bonds. The summed E-state index contributed by atoms with van der Waals surface area (Å²) < 4.78 is 0. The topological polar surface area (TPSA) is 63.5 Å². The van der Waals surface area contributed by atoms with Gasteiger partial charge in [0.15, 0.2) is 0 Å². The summed E-state index contributed by atoms with van der Waals surface area (Å²) in [6, 6.07) is 2.89. The fraction of sp³-hybridized carbons (Fsp3) is 0.300. The molecular formula is C10H8Cl2N2O3. The number of carbonyl (C=O) groups is 1. The van der Waals surface area contributed by atoms with E-state index >= 15 is 0 Å². The number of alkyl halides is 1. The van der Waals surface area contributed by atoms with E-state index in [0.29, 0.717) is 29.2 Å². The van der Waals surface area contributed by atoms with Crippen molar-refractivity contribution in [1.82, 2.24) is 0 Å². The SMILES string of the molecule is O=C(CCl)N1CCc2cc(Cl)cc([N+](=O)[O-])c21. The minimum absolute atomic E-state index is 0.150. The number of hydrogen-bond acceptors (Lipinski definition) is 3. The molecule has 0 atom stereocenters. The zero-order chi connectivity index (χ0) is 12.6. The Morgan fingerprint density at radius 2 is 2.24 bits per heavy atom. The van der Waals surface area contributed by atoms with E-state index < -0.39 is 4.92 Å². The van der Waals surface area contributed by atoms with Gasteiger partial charge in [-0.25, -0.2) is 0 Å². The van der Waals surface area contributed by atoms with Crippen molar-refractivity contribution in [2.45, 2.75) is 6.42 Å². The molecule has 0 bridgehead atoms. The third-order valence-corrected chi connectivity index (χ3v) is 3.07. The van der Waals surface area contributed by atoms with Crippen molar-refractivity contribution in [3.05, 3.63) is 32.8 Å². The number of halogens is 2. The van der Waals surface area contributed by atoms with Gasteiger partial charge in [-0.3, -0.25) is 14.9 Å². The van der Waals surface area contributed by atoms with Gasteiger partial charge in [-0.15, -0.1) is 11.6 Å². The van der Waals surface area contributed by atoms with E-state index in [9.17, 15) is 14.9 Å². The van der Waals surface area contributed by atoms with Crippen molar-refractivity contribution in [3.63, 3.8) is 0 Å². The second kappa shape index (κ2) is 4.50. The Labute approximate surface area is 107 Å². The molecule has 0 spiro atoms. The largest absolute Gasteiger partial charge is 0.305 e. The predicted molar refractivity (Wildman–Crippen MR) is 64.9 cm³/mol. The molecular weight excluding hydrogens is 267 g/mol. The standard InChI is InChI=1S/C10H8Cl2N2O3/c11-5-9(15)13-2-1-6-3-7(12)4-8(10(6)13)14(16)17/h3-4H,1-2,5H2. The van der Waals surface area contributed by atoms with E-state index in [1.807, 2.05) is 0 Å². The molecule has 2 rings (SSSR count). The Hall–Kier alpha value is -1.33. The number of benzene rings is 1. The van der Waals surface area contributed by atoms with Crippen LogP contribution in [0.1, 0.15) is 5.56 Å². The molecule has 90 valence electrons. The van der Waals surface area contributed by atoms with Crippen molar-refractivity contribution in [2.75, 3.05) is 17.3 Å². The van der Waals surface area contributed by atoms with Crippen molar-refractivity contribution in [3.8, 4) is 0 Å². The zero-order valence-corrected chi connectivity index (χ0v) is 10.2. The Balaban J connectivity index is 2.57. The predicted octanol–water partition coefficient (Wildman–Crippen LogP) is 2.38. The molecule has 0 aromatic heterocycles. The highest BCUT2D eigenvalue weighted by molar-refractivity contribution is 6.31. The van der Waals surface area contributed by atoms with Crippen LogP contribution in [0.5, 0.6) is 0 Å². The lowest BCUT2D eigenvalue weighted by atomic mass is 10.1. The van der Waals surface area contributed by atoms with Crippen LogP contribution in [0.2, 0.25) is 5.02 Å². The maximum Gasteiger partial charge on any atom is 0.294 e. The molecule has 0 fully saturated rings. The van der Waals surface area contributed by atoms with E-state index in [0.717, 1.165) is 0 Å². The number of amides is 1. The first-order chi connectivity index (χ1) is 8.04.